The largest absolute Gasteiger partial charge is 0.353 e. The summed E-state index contributed by atoms with van der Waals surface area (Å²) in [4.78, 5) is 47.3. The van der Waals surface area contributed by atoms with Gasteiger partial charge in [-0.05, 0) is 91.2 Å². The number of fused-ring (bicyclic) bond motifs is 1. The molecule has 4 amide bonds. The van der Waals surface area contributed by atoms with Gasteiger partial charge in [0.25, 0.3) is 0 Å². The SMILES string of the molecule is NCCNC(=O)[C@H](Cc1ccncc1)NC(=O)[C@@H](Cc1ccc(Cl)cc1)NC(=O)Nc1ccc2c(CN3CCCC3)cn(Cc3c(Cl)cccc3Cl)c2c1. The minimum atomic E-state index is -1.05. The second-order valence-electron chi connectivity index (χ2n) is 13.4. The highest BCUT2D eigenvalue weighted by atomic mass is 35.5. The summed E-state index contributed by atoms with van der Waals surface area (Å²) >= 11 is 19.3. The van der Waals surface area contributed by atoms with Crippen molar-refractivity contribution in [2.24, 2.45) is 5.73 Å². The fourth-order valence-electron chi connectivity index (χ4n) is 6.68. The molecule has 14 heteroatoms. The molecule has 5 aromatic rings. The molecule has 6 rings (SSSR count). The average molecular weight is 790 g/mol. The van der Waals surface area contributed by atoms with Gasteiger partial charge in [-0.1, -0.05) is 59.1 Å². The minimum Gasteiger partial charge on any atom is -0.353 e. The Morgan fingerprint density at radius 1 is 0.796 bits per heavy atom. The number of amides is 4. The Hall–Kier alpha value is -4.65. The van der Waals surface area contributed by atoms with Crippen LogP contribution < -0.4 is 27.0 Å². The second-order valence-corrected chi connectivity index (χ2v) is 14.6. The van der Waals surface area contributed by atoms with E-state index in [4.69, 9.17) is 40.5 Å². The molecule has 11 nitrogen and oxygen atoms in total. The molecule has 282 valence electrons. The number of benzene rings is 3. The van der Waals surface area contributed by atoms with Gasteiger partial charge in [-0.3, -0.25) is 19.5 Å². The first-order valence-corrected chi connectivity index (χ1v) is 19.1. The number of nitrogens with zero attached hydrogens (tertiary/aromatic N) is 3. The van der Waals surface area contributed by atoms with Crippen molar-refractivity contribution in [2.45, 2.75) is 50.9 Å². The van der Waals surface area contributed by atoms with Gasteiger partial charge in [0.2, 0.25) is 11.8 Å². The Morgan fingerprint density at radius 2 is 1.46 bits per heavy atom. The number of halogens is 3. The zero-order valence-electron chi connectivity index (χ0n) is 29.7. The third-order valence-electron chi connectivity index (χ3n) is 9.45. The summed E-state index contributed by atoms with van der Waals surface area (Å²) in [5.41, 5.74) is 10.6. The minimum absolute atomic E-state index is 0.142. The smallest absolute Gasteiger partial charge is 0.319 e. The van der Waals surface area contributed by atoms with Crippen LogP contribution in [0.1, 0.15) is 35.1 Å². The molecule has 0 radical (unpaired) electrons. The Kier molecular flexibility index (Phi) is 13.4. The highest BCUT2D eigenvalue weighted by molar-refractivity contribution is 6.36. The summed E-state index contributed by atoms with van der Waals surface area (Å²) in [6.45, 7) is 3.84. The van der Waals surface area contributed by atoms with Crippen LogP contribution in [0.3, 0.4) is 0 Å². The number of hydrogen-bond donors (Lipinski definition) is 5. The van der Waals surface area contributed by atoms with Crippen molar-refractivity contribution in [3.63, 3.8) is 0 Å². The monoisotopic (exact) mass is 788 g/mol. The standard InChI is InChI=1S/C40H43Cl3N8O3/c41-29-8-6-26(7-9-29)20-36(39(53)48-35(38(52)46-17-14-44)21-27-12-15-45-16-13-27)49-40(54)47-30-10-11-31-28(23-50-18-1-2-19-50)24-51(37(31)22-30)25-32-33(42)4-3-5-34(32)43/h3-13,15-16,22,24,35-36H,1-2,14,17-21,23,25,44H2,(H,46,52)(H,48,53)(H2,47,49,54)/t35-,36+/m0/s1. The molecule has 3 heterocycles. The number of anilines is 1. The van der Waals surface area contributed by atoms with E-state index in [1.165, 1.54) is 18.4 Å². The molecule has 3 aromatic carbocycles. The zero-order chi connectivity index (χ0) is 38.0. The van der Waals surface area contributed by atoms with Crippen molar-refractivity contribution in [3.05, 3.63) is 129 Å². The van der Waals surface area contributed by atoms with Gasteiger partial charge in [-0.15, -0.1) is 0 Å². The number of nitrogens with two attached hydrogens (primary N) is 1. The van der Waals surface area contributed by atoms with Gasteiger partial charge in [0.1, 0.15) is 12.1 Å². The lowest BCUT2D eigenvalue weighted by atomic mass is 10.0. The number of hydrogen-bond acceptors (Lipinski definition) is 6. The molecule has 54 heavy (non-hydrogen) atoms. The highest BCUT2D eigenvalue weighted by Crippen LogP contribution is 2.31. The molecule has 0 saturated carbocycles. The average Bonchev–Trinajstić information content (AvgIpc) is 3.80. The van der Waals surface area contributed by atoms with Crippen LogP contribution in [0.5, 0.6) is 0 Å². The van der Waals surface area contributed by atoms with Crippen molar-refractivity contribution in [1.29, 1.82) is 0 Å². The maximum Gasteiger partial charge on any atom is 0.319 e. The van der Waals surface area contributed by atoms with E-state index in [1.807, 2.05) is 36.4 Å². The fourth-order valence-corrected chi connectivity index (χ4v) is 7.33. The summed E-state index contributed by atoms with van der Waals surface area (Å²) in [5.74, 6) is -0.923. The maximum absolute atomic E-state index is 13.9. The number of nitrogens with one attached hydrogen (secondary N) is 4. The van der Waals surface area contributed by atoms with Gasteiger partial charge in [-0.2, -0.15) is 0 Å². The number of likely N-dealkylation sites (tertiary alicyclic amines) is 1. The first-order chi connectivity index (χ1) is 26.2. The van der Waals surface area contributed by atoms with E-state index in [-0.39, 0.29) is 25.9 Å². The highest BCUT2D eigenvalue weighted by Gasteiger charge is 2.28. The van der Waals surface area contributed by atoms with E-state index in [9.17, 15) is 14.4 Å². The number of pyridine rings is 1. The third-order valence-corrected chi connectivity index (χ3v) is 10.4. The van der Waals surface area contributed by atoms with Crippen LogP contribution in [-0.2, 0) is 35.5 Å². The lowest BCUT2D eigenvalue weighted by Crippen LogP contribution is -2.55. The number of carbonyl (C=O) groups is 3. The first-order valence-electron chi connectivity index (χ1n) is 17.9. The fraction of sp³-hybridized carbons (Fsp3) is 0.300. The lowest BCUT2D eigenvalue weighted by Gasteiger charge is -2.23. The lowest BCUT2D eigenvalue weighted by molar-refractivity contribution is -0.129. The second kappa shape index (κ2) is 18.6. The van der Waals surface area contributed by atoms with Gasteiger partial charge in [0.05, 0.1) is 12.1 Å². The van der Waals surface area contributed by atoms with Crippen molar-refractivity contribution in [1.82, 2.24) is 30.4 Å². The summed E-state index contributed by atoms with van der Waals surface area (Å²) in [7, 11) is 0. The van der Waals surface area contributed by atoms with Crippen molar-refractivity contribution in [2.75, 3.05) is 31.5 Å². The van der Waals surface area contributed by atoms with E-state index in [2.05, 4.69) is 41.9 Å². The molecule has 0 bridgehead atoms. The number of rotatable bonds is 15. The van der Waals surface area contributed by atoms with Gasteiger partial charge in [0, 0.05) is 82.8 Å². The summed E-state index contributed by atoms with van der Waals surface area (Å²) in [5, 5.41) is 14.1. The first kappa shape index (κ1) is 39.1. The molecule has 1 fully saturated rings. The van der Waals surface area contributed by atoms with Gasteiger partial charge in [-0.25, -0.2) is 4.79 Å². The molecular formula is C40H43Cl3N8O3. The molecule has 1 saturated heterocycles. The van der Waals surface area contributed by atoms with E-state index < -0.39 is 29.9 Å². The number of urea groups is 1. The van der Waals surface area contributed by atoms with Crippen LogP contribution in [0.2, 0.25) is 15.1 Å². The van der Waals surface area contributed by atoms with Gasteiger partial charge < -0.3 is 31.6 Å². The van der Waals surface area contributed by atoms with E-state index in [0.29, 0.717) is 27.3 Å². The molecule has 1 aliphatic rings. The Labute approximate surface area is 329 Å². The summed E-state index contributed by atoms with van der Waals surface area (Å²) in [6, 6.07) is 19.2. The topological polar surface area (TPSA) is 146 Å². The Bertz CT molecular complexity index is 2050. The molecule has 1 aliphatic heterocycles. The predicted molar refractivity (Wildman–Crippen MR) is 215 cm³/mol. The van der Waals surface area contributed by atoms with Crippen molar-refractivity contribution < 1.29 is 14.4 Å². The molecule has 0 spiro atoms. The van der Waals surface area contributed by atoms with E-state index in [0.717, 1.165) is 47.2 Å². The molecule has 2 atom stereocenters. The van der Waals surface area contributed by atoms with Gasteiger partial charge >= 0.3 is 6.03 Å². The molecular weight excluding hydrogens is 747 g/mol. The van der Waals surface area contributed by atoms with E-state index >= 15 is 0 Å². The van der Waals surface area contributed by atoms with Crippen LogP contribution in [0.4, 0.5) is 10.5 Å². The van der Waals surface area contributed by atoms with Crippen LogP contribution >= 0.6 is 34.8 Å². The van der Waals surface area contributed by atoms with Crippen molar-refractivity contribution in [3.8, 4) is 0 Å². The molecule has 6 N–H and O–H groups in total. The van der Waals surface area contributed by atoms with Crippen LogP contribution in [0.15, 0.2) is 91.4 Å². The van der Waals surface area contributed by atoms with E-state index in [1.54, 1.807) is 48.8 Å². The Morgan fingerprint density at radius 3 is 2.15 bits per heavy atom. The third kappa shape index (κ3) is 10.3. The number of aromatic nitrogens is 2. The normalized spacial score (nSPS) is 14.1. The quantitative estimate of drug-likeness (QED) is 0.0858. The predicted octanol–water partition coefficient (Wildman–Crippen LogP) is 6.18. The number of carbonyl (C=O) groups excluding carboxylic acids is 3. The maximum atomic E-state index is 13.9. The Balaban J connectivity index is 1.24. The van der Waals surface area contributed by atoms with Crippen LogP contribution in [0.25, 0.3) is 10.9 Å². The summed E-state index contributed by atoms with van der Waals surface area (Å²) < 4.78 is 2.10. The van der Waals surface area contributed by atoms with Crippen LogP contribution in [-0.4, -0.2) is 70.6 Å². The molecule has 0 aliphatic carbocycles. The molecule has 2 aromatic heterocycles. The molecule has 0 unspecified atom stereocenters. The van der Waals surface area contributed by atoms with Gasteiger partial charge in [0.15, 0.2) is 0 Å². The summed E-state index contributed by atoms with van der Waals surface area (Å²) in [6.07, 6.45) is 8.09. The van der Waals surface area contributed by atoms with Crippen molar-refractivity contribution >= 4 is 69.2 Å². The van der Waals surface area contributed by atoms with Crippen LogP contribution in [0, 0.1) is 0 Å². The zero-order valence-corrected chi connectivity index (χ0v) is 31.9.